The van der Waals surface area contributed by atoms with Crippen molar-refractivity contribution >= 4 is 10.0 Å². The standard InChI is InChI=1S/C16H17NO4S/c1-12-3-6-14(7-4-12)22(18,19)17(2)10-13-5-8-15-16(9-13)21-11-20-15/h3-9H,10-11H2,1-2H3. The first kappa shape index (κ1) is 14.9. The highest BCUT2D eigenvalue weighted by Crippen LogP contribution is 2.33. The van der Waals surface area contributed by atoms with Crippen molar-refractivity contribution in [3.8, 4) is 11.5 Å². The second kappa shape index (κ2) is 5.62. The number of aryl methyl sites for hydroxylation is 1. The minimum atomic E-state index is -3.51. The molecule has 0 N–H and O–H groups in total. The lowest BCUT2D eigenvalue weighted by molar-refractivity contribution is 0.174. The van der Waals surface area contributed by atoms with Gasteiger partial charge in [-0.15, -0.1) is 0 Å². The van der Waals surface area contributed by atoms with Crippen molar-refractivity contribution in [3.63, 3.8) is 0 Å². The van der Waals surface area contributed by atoms with Crippen molar-refractivity contribution in [3.05, 3.63) is 53.6 Å². The van der Waals surface area contributed by atoms with Crippen molar-refractivity contribution in [1.82, 2.24) is 4.31 Å². The largest absolute Gasteiger partial charge is 0.454 e. The van der Waals surface area contributed by atoms with Crippen LogP contribution >= 0.6 is 0 Å². The predicted molar refractivity (Wildman–Crippen MR) is 82.4 cm³/mol. The van der Waals surface area contributed by atoms with Crippen LogP contribution in [0.2, 0.25) is 0 Å². The van der Waals surface area contributed by atoms with Gasteiger partial charge in [-0.05, 0) is 36.8 Å². The van der Waals surface area contributed by atoms with Crippen LogP contribution < -0.4 is 9.47 Å². The zero-order chi connectivity index (χ0) is 15.7. The fourth-order valence-electron chi connectivity index (χ4n) is 2.27. The normalized spacial score (nSPS) is 13.6. The van der Waals surface area contributed by atoms with E-state index in [2.05, 4.69) is 0 Å². The fourth-order valence-corrected chi connectivity index (χ4v) is 3.43. The summed E-state index contributed by atoms with van der Waals surface area (Å²) < 4.78 is 37.0. The Labute approximate surface area is 130 Å². The third kappa shape index (κ3) is 2.80. The monoisotopic (exact) mass is 319 g/mol. The highest BCUT2D eigenvalue weighted by molar-refractivity contribution is 7.89. The smallest absolute Gasteiger partial charge is 0.243 e. The minimum Gasteiger partial charge on any atom is -0.454 e. The number of hydrogen-bond acceptors (Lipinski definition) is 4. The summed E-state index contributed by atoms with van der Waals surface area (Å²) in [5.41, 5.74) is 1.87. The summed E-state index contributed by atoms with van der Waals surface area (Å²) in [5.74, 6) is 1.34. The Morgan fingerprint density at radius 3 is 2.45 bits per heavy atom. The van der Waals surface area contributed by atoms with Gasteiger partial charge >= 0.3 is 0 Å². The van der Waals surface area contributed by atoms with Crippen LogP contribution in [0.4, 0.5) is 0 Å². The van der Waals surface area contributed by atoms with E-state index in [1.54, 1.807) is 37.4 Å². The lowest BCUT2D eigenvalue weighted by Gasteiger charge is -2.17. The van der Waals surface area contributed by atoms with Gasteiger partial charge in [0.05, 0.1) is 4.90 Å². The third-order valence-corrected chi connectivity index (χ3v) is 5.39. The lowest BCUT2D eigenvalue weighted by Crippen LogP contribution is -2.26. The van der Waals surface area contributed by atoms with E-state index >= 15 is 0 Å². The second-order valence-corrected chi connectivity index (χ2v) is 7.31. The number of hydrogen-bond donors (Lipinski definition) is 0. The van der Waals surface area contributed by atoms with Gasteiger partial charge in [0, 0.05) is 13.6 Å². The molecule has 0 saturated carbocycles. The number of fused-ring (bicyclic) bond motifs is 1. The van der Waals surface area contributed by atoms with E-state index in [0.717, 1.165) is 11.1 Å². The van der Waals surface area contributed by atoms with E-state index in [1.807, 2.05) is 19.1 Å². The summed E-state index contributed by atoms with van der Waals surface area (Å²) in [6, 6.07) is 12.3. The third-order valence-electron chi connectivity index (χ3n) is 3.57. The zero-order valence-electron chi connectivity index (χ0n) is 12.4. The van der Waals surface area contributed by atoms with Crippen molar-refractivity contribution in [2.45, 2.75) is 18.4 Å². The number of rotatable bonds is 4. The van der Waals surface area contributed by atoms with Crippen LogP contribution in [0.1, 0.15) is 11.1 Å². The molecule has 0 atom stereocenters. The van der Waals surface area contributed by atoms with Crippen molar-refractivity contribution in [1.29, 1.82) is 0 Å². The van der Waals surface area contributed by atoms with Crippen LogP contribution in [0.5, 0.6) is 11.5 Å². The van der Waals surface area contributed by atoms with E-state index < -0.39 is 10.0 Å². The van der Waals surface area contributed by atoms with Crippen LogP contribution in [-0.2, 0) is 16.6 Å². The molecule has 0 bridgehead atoms. The van der Waals surface area contributed by atoms with Crippen molar-refractivity contribution < 1.29 is 17.9 Å². The topological polar surface area (TPSA) is 55.8 Å². The summed E-state index contributed by atoms with van der Waals surface area (Å²) in [6.07, 6.45) is 0. The van der Waals surface area contributed by atoms with Gasteiger partial charge in [-0.25, -0.2) is 8.42 Å². The number of nitrogens with zero attached hydrogens (tertiary/aromatic N) is 1. The molecule has 2 aromatic carbocycles. The summed E-state index contributed by atoms with van der Waals surface area (Å²) >= 11 is 0. The zero-order valence-corrected chi connectivity index (χ0v) is 13.3. The van der Waals surface area contributed by atoms with Gasteiger partial charge in [-0.2, -0.15) is 4.31 Å². The average molecular weight is 319 g/mol. The van der Waals surface area contributed by atoms with Gasteiger partial charge in [0.15, 0.2) is 11.5 Å². The average Bonchev–Trinajstić information content (AvgIpc) is 2.95. The van der Waals surface area contributed by atoms with E-state index in [-0.39, 0.29) is 13.3 Å². The molecule has 1 aliphatic rings. The van der Waals surface area contributed by atoms with Gasteiger partial charge in [-0.1, -0.05) is 23.8 Å². The first-order chi connectivity index (χ1) is 10.5. The van der Waals surface area contributed by atoms with Gasteiger partial charge in [-0.3, -0.25) is 0 Å². The molecule has 0 radical (unpaired) electrons. The molecule has 6 heteroatoms. The van der Waals surface area contributed by atoms with Crippen LogP contribution in [0.15, 0.2) is 47.4 Å². The molecule has 3 rings (SSSR count). The van der Waals surface area contributed by atoms with Crippen LogP contribution in [0.3, 0.4) is 0 Å². The molecule has 1 aliphatic heterocycles. The molecule has 0 amide bonds. The Morgan fingerprint density at radius 2 is 1.73 bits per heavy atom. The first-order valence-electron chi connectivity index (χ1n) is 6.88. The SMILES string of the molecule is Cc1ccc(S(=O)(=O)N(C)Cc2ccc3c(c2)OCO3)cc1. The molecule has 22 heavy (non-hydrogen) atoms. The summed E-state index contributed by atoms with van der Waals surface area (Å²) in [4.78, 5) is 0.293. The maximum Gasteiger partial charge on any atom is 0.243 e. The molecule has 2 aromatic rings. The molecule has 0 spiro atoms. The Morgan fingerprint density at radius 1 is 1.05 bits per heavy atom. The van der Waals surface area contributed by atoms with Gasteiger partial charge in [0.25, 0.3) is 0 Å². The van der Waals surface area contributed by atoms with Crippen LogP contribution in [0.25, 0.3) is 0 Å². The molecule has 0 aromatic heterocycles. The molecule has 0 aliphatic carbocycles. The number of benzene rings is 2. The molecular weight excluding hydrogens is 302 g/mol. The van der Waals surface area contributed by atoms with Crippen molar-refractivity contribution in [2.24, 2.45) is 0 Å². The Balaban J connectivity index is 1.81. The molecule has 0 unspecified atom stereocenters. The molecule has 5 nitrogen and oxygen atoms in total. The van der Waals surface area contributed by atoms with E-state index in [1.165, 1.54) is 4.31 Å². The van der Waals surface area contributed by atoms with Crippen LogP contribution in [-0.4, -0.2) is 26.6 Å². The summed E-state index contributed by atoms with van der Waals surface area (Å²) in [6.45, 7) is 2.40. The van der Waals surface area contributed by atoms with E-state index in [0.29, 0.717) is 16.4 Å². The summed E-state index contributed by atoms with van der Waals surface area (Å²) in [5, 5.41) is 0. The molecule has 0 fully saturated rings. The minimum absolute atomic E-state index is 0.205. The maximum absolute atomic E-state index is 12.6. The maximum atomic E-state index is 12.6. The fraction of sp³-hybridized carbons (Fsp3) is 0.250. The van der Waals surface area contributed by atoms with Gasteiger partial charge < -0.3 is 9.47 Å². The van der Waals surface area contributed by atoms with Crippen molar-refractivity contribution in [2.75, 3.05) is 13.8 Å². The number of sulfonamides is 1. The molecular formula is C16H17NO4S. The molecule has 116 valence electrons. The van der Waals surface area contributed by atoms with Gasteiger partial charge in [0.1, 0.15) is 0 Å². The van der Waals surface area contributed by atoms with Gasteiger partial charge in [0.2, 0.25) is 16.8 Å². The second-order valence-electron chi connectivity index (χ2n) is 5.26. The lowest BCUT2D eigenvalue weighted by atomic mass is 10.2. The Kier molecular flexibility index (Phi) is 3.80. The Hall–Kier alpha value is -2.05. The highest BCUT2D eigenvalue weighted by atomic mass is 32.2. The Bertz CT molecular complexity index is 784. The van der Waals surface area contributed by atoms with E-state index in [4.69, 9.17) is 9.47 Å². The quantitative estimate of drug-likeness (QED) is 0.869. The van der Waals surface area contributed by atoms with E-state index in [9.17, 15) is 8.42 Å². The first-order valence-corrected chi connectivity index (χ1v) is 8.32. The summed E-state index contributed by atoms with van der Waals surface area (Å²) in [7, 11) is -1.94. The van der Waals surface area contributed by atoms with Crippen LogP contribution in [0, 0.1) is 6.92 Å². The molecule has 1 heterocycles. The predicted octanol–water partition coefficient (Wildman–Crippen LogP) is 2.54. The molecule has 0 saturated heterocycles. The highest BCUT2D eigenvalue weighted by Gasteiger charge is 2.22. The number of ether oxygens (including phenoxy) is 2.